The molecule has 0 radical (unpaired) electrons. The van der Waals surface area contributed by atoms with Crippen LogP contribution in [0, 0.1) is 0 Å². The molecule has 9 heteroatoms. The number of carbonyl (C=O) groups excluding carboxylic acids is 3. The highest BCUT2D eigenvalue weighted by atomic mass is 32.2. The summed E-state index contributed by atoms with van der Waals surface area (Å²) in [4.78, 5) is 52.7. The molecule has 0 atom stereocenters. The smallest absolute Gasteiger partial charge is 0.335 e. The Balaban J connectivity index is 1.40. The Morgan fingerprint density at radius 2 is 1.68 bits per heavy atom. The van der Waals surface area contributed by atoms with Crippen LogP contribution in [0.5, 0.6) is 5.75 Å². The van der Waals surface area contributed by atoms with Crippen LogP contribution in [-0.4, -0.2) is 57.6 Å². The van der Waals surface area contributed by atoms with Gasteiger partial charge in [-0.15, -0.1) is 0 Å². The molecular weight excluding hydrogens is 504 g/mol. The van der Waals surface area contributed by atoms with E-state index in [1.807, 2.05) is 36.4 Å². The quantitative estimate of drug-likeness (QED) is 0.421. The number of carboxylic acids is 1. The van der Waals surface area contributed by atoms with Crippen molar-refractivity contribution in [1.82, 2.24) is 9.80 Å². The maximum atomic E-state index is 13.2. The highest BCUT2D eigenvalue weighted by Crippen LogP contribution is 2.37. The standard InChI is InChI=1S/C29H26N2O6S/c32-26(30-14-4-1-5-15-30)17-31-27(33)25(38-29(31)36)16-23-22-7-3-2-6-20(22)12-13-24(23)37-18-19-8-10-21(11-9-19)28(34)35/h2-3,6-13,16H,1,4-5,14-15,17-18H2,(H,34,35)/b25-16-. The summed E-state index contributed by atoms with van der Waals surface area (Å²) >= 11 is 0.818. The minimum absolute atomic E-state index is 0.185. The second-order valence-corrected chi connectivity index (χ2v) is 10.2. The second kappa shape index (κ2) is 11.1. The Bertz CT molecular complexity index is 1440. The number of imide groups is 1. The largest absolute Gasteiger partial charge is 0.488 e. The van der Waals surface area contributed by atoms with Gasteiger partial charge in [0.25, 0.3) is 11.1 Å². The number of aromatic carboxylic acids is 1. The number of hydrogen-bond acceptors (Lipinski definition) is 6. The van der Waals surface area contributed by atoms with E-state index in [-0.39, 0.29) is 29.5 Å². The second-order valence-electron chi connectivity index (χ2n) is 9.20. The summed E-state index contributed by atoms with van der Waals surface area (Å²) in [6, 6.07) is 17.8. The van der Waals surface area contributed by atoms with Crippen molar-refractivity contribution in [3.05, 3.63) is 82.3 Å². The van der Waals surface area contributed by atoms with Crippen molar-refractivity contribution in [3.63, 3.8) is 0 Å². The van der Waals surface area contributed by atoms with Gasteiger partial charge >= 0.3 is 5.97 Å². The van der Waals surface area contributed by atoms with Crippen LogP contribution in [0.2, 0.25) is 0 Å². The topological polar surface area (TPSA) is 104 Å². The molecule has 3 aromatic carbocycles. The third-order valence-electron chi connectivity index (χ3n) is 6.68. The van der Waals surface area contributed by atoms with E-state index in [1.165, 1.54) is 12.1 Å². The fourth-order valence-corrected chi connectivity index (χ4v) is 5.42. The van der Waals surface area contributed by atoms with E-state index in [2.05, 4.69) is 0 Å². The van der Waals surface area contributed by atoms with Crippen molar-refractivity contribution in [2.45, 2.75) is 25.9 Å². The zero-order chi connectivity index (χ0) is 26.6. The van der Waals surface area contributed by atoms with Crippen molar-refractivity contribution < 1.29 is 29.0 Å². The van der Waals surface area contributed by atoms with Gasteiger partial charge in [-0.05, 0) is 71.6 Å². The molecule has 2 heterocycles. The van der Waals surface area contributed by atoms with Crippen LogP contribution in [0.4, 0.5) is 4.79 Å². The Morgan fingerprint density at radius 1 is 0.947 bits per heavy atom. The summed E-state index contributed by atoms with van der Waals surface area (Å²) in [5.74, 6) is -1.19. The Kier molecular flexibility index (Phi) is 7.46. The molecule has 0 aromatic heterocycles. The molecule has 0 aliphatic carbocycles. The van der Waals surface area contributed by atoms with Gasteiger partial charge in [0.2, 0.25) is 5.91 Å². The van der Waals surface area contributed by atoms with Gasteiger partial charge < -0.3 is 14.7 Å². The Morgan fingerprint density at radius 3 is 2.42 bits per heavy atom. The zero-order valence-electron chi connectivity index (χ0n) is 20.6. The van der Waals surface area contributed by atoms with Gasteiger partial charge in [-0.1, -0.05) is 42.5 Å². The number of amides is 3. The predicted octanol–water partition coefficient (Wildman–Crippen LogP) is 5.17. The third kappa shape index (κ3) is 5.43. The molecule has 0 spiro atoms. The van der Waals surface area contributed by atoms with Gasteiger partial charge in [-0.3, -0.25) is 19.3 Å². The number of rotatable bonds is 7. The molecule has 0 bridgehead atoms. The molecule has 2 saturated heterocycles. The summed E-state index contributed by atoms with van der Waals surface area (Å²) in [6.07, 6.45) is 4.60. The van der Waals surface area contributed by atoms with E-state index in [0.717, 1.165) is 52.3 Å². The molecule has 0 saturated carbocycles. The number of piperidine rings is 1. The first-order valence-corrected chi connectivity index (χ1v) is 13.2. The van der Waals surface area contributed by atoms with Crippen LogP contribution in [-0.2, 0) is 16.2 Å². The molecule has 38 heavy (non-hydrogen) atoms. The average molecular weight is 531 g/mol. The number of nitrogens with zero attached hydrogens (tertiary/aromatic N) is 2. The summed E-state index contributed by atoms with van der Waals surface area (Å²) < 4.78 is 6.10. The number of likely N-dealkylation sites (tertiary alicyclic amines) is 1. The minimum Gasteiger partial charge on any atom is -0.488 e. The number of thioether (sulfide) groups is 1. The number of fused-ring (bicyclic) bond motifs is 1. The Labute approximate surface area is 223 Å². The molecule has 8 nitrogen and oxygen atoms in total. The monoisotopic (exact) mass is 530 g/mol. The lowest BCUT2D eigenvalue weighted by molar-refractivity contribution is -0.136. The molecule has 2 aliphatic rings. The molecule has 5 rings (SSSR count). The predicted molar refractivity (Wildman–Crippen MR) is 145 cm³/mol. The normalized spacial score (nSPS) is 16.9. The van der Waals surface area contributed by atoms with Crippen molar-refractivity contribution >= 4 is 51.6 Å². The fraction of sp³-hybridized carbons (Fsp3) is 0.241. The number of carbonyl (C=O) groups is 4. The van der Waals surface area contributed by atoms with Crippen molar-refractivity contribution in [2.75, 3.05) is 19.6 Å². The highest BCUT2D eigenvalue weighted by molar-refractivity contribution is 8.18. The highest BCUT2D eigenvalue weighted by Gasteiger charge is 2.37. The van der Waals surface area contributed by atoms with Crippen LogP contribution in [0.25, 0.3) is 16.8 Å². The van der Waals surface area contributed by atoms with Gasteiger partial charge in [-0.2, -0.15) is 0 Å². The molecule has 1 N–H and O–H groups in total. The van der Waals surface area contributed by atoms with Crippen LogP contribution in [0.1, 0.15) is 40.7 Å². The zero-order valence-corrected chi connectivity index (χ0v) is 21.4. The van der Waals surface area contributed by atoms with E-state index >= 15 is 0 Å². The molecule has 2 aliphatic heterocycles. The van der Waals surface area contributed by atoms with E-state index in [9.17, 15) is 19.2 Å². The first-order valence-electron chi connectivity index (χ1n) is 12.4. The lowest BCUT2D eigenvalue weighted by Gasteiger charge is -2.27. The van der Waals surface area contributed by atoms with Crippen molar-refractivity contribution in [3.8, 4) is 5.75 Å². The van der Waals surface area contributed by atoms with E-state index in [0.29, 0.717) is 24.4 Å². The van der Waals surface area contributed by atoms with E-state index in [4.69, 9.17) is 9.84 Å². The first kappa shape index (κ1) is 25.5. The third-order valence-corrected chi connectivity index (χ3v) is 7.58. The number of hydrogen-bond donors (Lipinski definition) is 1. The number of ether oxygens (including phenoxy) is 1. The molecule has 0 unspecified atom stereocenters. The van der Waals surface area contributed by atoms with E-state index in [1.54, 1.807) is 23.1 Å². The van der Waals surface area contributed by atoms with Crippen LogP contribution < -0.4 is 4.74 Å². The van der Waals surface area contributed by atoms with E-state index < -0.39 is 17.1 Å². The molecule has 3 aromatic rings. The van der Waals surface area contributed by atoms with Crippen molar-refractivity contribution in [1.29, 1.82) is 0 Å². The number of benzene rings is 3. The number of carboxylic acid groups (broad SMARTS) is 1. The molecule has 3 amide bonds. The van der Waals surface area contributed by atoms with Crippen molar-refractivity contribution in [2.24, 2.45) is 0 Å². The van der Waals surface area contributed by atoms with Crippen LogP contribution >= 0.6 is 11.8 Å². The lowest BCUT2D eigenvalue weighted by atomic mass is 10.0. The SMILES string of the molecule is O=C(O)c1ccc(COc2ccc3ccccc3c2/C=C2\SC(=O)N(CC(=O)N3CCCCC3)C2=O)cc1. The molecule has 2 fully saturated rings. The maximum Gasteiger partial charge on any atom is 0.335 e. The fourth-order valence-electron chi connectivity index (χ4n) is 4.60. The maximum absolute atomic E-state index is 13.2. The van der Waals surface area contributed by atoms with Gasteiger partial charge in [0.05, 0.1) is 10.5 Å². The van der Waals surface area contributed by atoms with Crippen LogP contribution in [0.3, 0.4) is 0 Å². The van der Waals surface area contributed by atoms with Gasteiger partial charge in [0.15, 0.2) is 0 Å². The van der Waals surface area contributed by atoms with Gasteiger partial charge in [0, 0.05) is 18.7 Å². The first-order chi connectivity index (χ1) is 18.4. The molecule has 194 valence electrons. The van der Waals surface area contributed by atoms with Gasteiger partial charge in [-0.25, -0.2) is 4.79 Å². The summed E-state index contributed by atoms with van der Waals surface area (Å²) in [7, 11) is 0. The summed E-state index contributed by atoms with van der Waals surface area (Å²) in [5.41, 5.74) is 1.62. The van der Waals surface area contributed by atoms with Crippen LogP contribution in [0.15, 0.2) is 65.6 Å². The average Bonchev–Trinajstić information content (AvgIpc) is 3.20. The summed E-state index contributed by atoms with van der Waals surface area (Å²) in [5, 5.41) is 10.4. The summed E-state index contributed by atoms with van der Waals surface area (Å²) in [6.45, 7) is 1.24. The minimum atomic E-state index is -0.999. The van der Waals surface area contributed by atoms with Gasteiger partial charge in [0.1, 0.15) is 18.9 Å². The Hall–Kier alpha value is -4.11. The lowest BCUT2D eigenvalue weighted by Crippen LogP contribution is -2.44. The molecular formula is C29H26N2O6S.